The van der Waals surface area contributed by atoms with Crippen molar-refractivity contribution >= 4 is 17.5 Å². The van der Waals surface area contributed by atoms with Gasteiger partial charge in [0.15, 0.2) is 29.0 Å². The maximum absolute atomic E-state index is 13.5. The number of hydrogen-bond acceptors (Lipinski definition) is 4. The number of carbonyl (C=O) groups excluding carboxylic acids is 2. The minimum absolute atomic E-state index is 0.237. The van der Waals surface area contributed by atoms with Gasteiger partial charge in [-0.05, 0) is 30.3 Å². The van der Waals surface area contributed by atoms with E-state index in [-0.39, 0.29) is 5.56 Å². The van der Waals surface area contributed by atoms with Crippen molar-refractivity contribution in [1.82, 2.24) is 5.32 Å². The number of nitrogens with one attached hydrogen (secondary N) is 2. The maximum atomic E-state index is 13.5. The summed E-state index contributed by atoms with van der Waals surface area (Å²) in [6, 6.07) is 6.10. The largest absolute Gasteiger partial charge is 0.486 e. The quantitative estimate of drug-likeness (QED) is 0.814. The fourth-order valence-corrected chi connectivity index (χ4v) is 2.26. The minimum atomic E-state index is -1.69. The Kier molecular flexibility index (Phi) is 4.97. The second-order valence-corrected chi connectivity index (χ2v) is 5.31. The van der Waals surface area contributed by atoms with Crippen molar-refractivity contribution < 1.29 is 32.2 Å². The molecular formula is C17H13F3N2O4. The van der Waals surface area contributed by atoms with Gasteiger partial charge in [0.2, 0.25) is 5.91 Å². The van der Waals surface area contributed by atoms with Gasteiger partial charge in [-0.3, -0.25) is 9.59 Å². The van der Waals surface area contributed by atoms with Crippen molar-refractivity contribution in [3.63, 3.8) is 0 Å². The number of benzene rings is 2. The highest BCUT2D eigenvalue weighted by atomic mass is 19.2. The van der Waals surface area contributed by atoms with E-state index < -0.39 is 41.5 Å². The van der Waals surface area contributed by atoms with Crippen LogP contribution in [0.25, 0.3) is 0 Å². The Bertz CT molecular complexity index is 873. The molecule has 0 fully saturated rings. The zero-order valence-corrected chi connectivity index (χ0v) is 13.3. The zero-order chi connectivity index (χ0) is 18.7. The number of rotatable bonds is 4. The first-order valence-corrected chi connectivity index (χ1v) is 7.57. The highest BCUT2D eigenvalue weighted by Gasteiger charge is 2.17. The predicted octanol–water partition coefficient (Wildman–Crippen LogP) is 2.24. The Morgan fingerprint density at radius 1 is 0.962 bits per heavy atom. The number of hydrogen-bond donors (Lipinski definition) is 2. The number of amides is 2. The third-order valence-corrected chi connectivity index (χ3v) is 3.52. The summed E-state index contributed by atoms with van der Waals surface area (Å²) >= 11 is 0. The molecule has 0 unspecified atom stereocenters. The molecule has 3 rings (SSSR count). The summed E-state index contributed by atoms with van der Waals surface area (Å²) in [5.41, 5.74) is -0.288. The van der Waals surface area contributed by atoms with E-state index in [4.69, 9.17) is 9.47 Å². The molecular weight excluding hydrogens is 353 g/mol. The molecule has 0 atom stereocenters. The molecule has 9 heteroatoms. The van der Waals surface area contributed by atoms with Gasteiger partial charge < -0.3 is 20.1 Å². The Hall–Kier alpha value is -3.23. The topological polar surface area (TPSA) is 76.7 Å². The van der Waals surface area contributed by atoms with Crippen LogP contribution in [0.15, 0.2) is 30.3 Å². The second kappa shape index (κ2) is 7.34. The van der Waals surface area contributed by atoms with Gasteiger partial charge >= 0.3 is 0 Å². The van der Waals surface area contributed by atoms with E-state index in [1.54, 1.807) is 6.07 Å². The Labute approximate surface area is 145 Å². The molecule has 136 valence electrons. The number of ether oxygens (including phenoxy) is 2. The van der Waals surface area contributed by atoms with Gasteiger partial charge in [0.25, 0.3) is 5.91 Å². The monoisotopic (exact) mass is 366 g/mol. The summed E-state index contributed by atoms with van der Waals surface area (Å²) in [6.45, 7) is 0.283. The Balaban J connectivity index is 1.59. The van der Waals surface area contributed by atoms with Crippen molar-refractivity contribution in [3.05, 3.63) is 53.3 Å². The smallest absolute Gasteiger partial charge is 0.251 e. The molecule has 0 aliphatic carbocycles. The first kappa shape index (κ1) is 17.6. The summed E-state index contributed by atoms with van der Waals surface area (Å²) in [6.07, 6.45) is 0. The molecule has 0 bridgehead atoms. The zero-order valence-electron chi connectivity index (χ0n) is 13.3. The number of anilines is 1. The van der Waals surface area contributed by atoms with Crippen molar-refractivity contribution in [2.45, 2.75) is 0 Å². The van der Waals surface area contributed by atoms with Crippen LogP contribution in [-0.4, -0.2) is 31.6 Å². The highest BCUT2D eigenvalue weighted by molar-refractivity contribution is 5.99. The molecule has 1 aliphatic rings. The molecule has 2 aromatic rings. The molecule has 2 amide bonds. The van der Waals surface area contributed by atoms with Crippen molar-refractivity contribution in [2.24, 2.45) is 0 Å². The lowest BCUT2D eigenvalue weighted by Crippen LogP contribution is -2.33. The van der Waals surface area contributed by atoms with Crippen LogP contribution < -0.4 is 20.1 Å². The van der Waals surface area contributed by atoms with Gasteiger partial charge in [-0.1, -0.05) is 0 Å². The van der Waals surface area contributed by atoms with Gasteiger partial charge in [-0.15, -0.1) is 0 Å². The molecule has 0 spiro atoms. The normalized spacial score (nSPS) is 12.4. The lowest BCUT2D eigenvalue weighted by atomic mass is 10.2. The second-order valence-electron chi connectivity index (χ2n) is 5.31. The molecule has 0 saturated heterocycles. The van der Waals surface area contributed by atoms with Gasteiger partial charge in [0.1, 0.15) is 13.2 Å². The van der Waals surface area contributed by atoms with Crippen LogP contribution in [0.3, 0.4) is 0 Å². The van der Waals surface area contributed by atoms with Gasteiger partial charge in [-0.2, -0.15) is 0 Å². The third-order valence-electron chi connectivity index (χ3n) is 3.52. The van der Waals surface area contributed by atoms with Crippen LogP contribution in [-0.2, 0) is 4.79 Å². The van der Waals surface area contributed by atoms with E-state index in [0.717, 1.165) is 6.07 Å². The fourth-order valence-electron chi connectivity index (χ4n) is 2.26. The molecule has 2 N–H and O–H groups in total. The Morgan fingerprint density at radius 2 is 1.69 bits per heavy atom. The van der Waals surface area contributed by atoms with Crippen molar-refractivity contribution in [3.8, 4) is 11.5 Å². The number of fused-ring (bicyclic) bond motifs is 1. The SMILES string of the molecule is O=C(CNC(=O)c1ccc2c(c1)OCCO2)Nc1ccc(F)c(F)c1F. The van der Waals surface area contributed by atoms with E-state index in [9.17, 15) is 22.8 Å². The molecule has 1 aliphatic heterocycles. The summed E-state index contributed by atoms with van der Waals surface area (Å²) < 4.78 is 50.2. The summed E-state index contributed by atoms with van der Waals surface area (Å²) in [5, 5.41) is 4.39. The van der Waals surface area contributed by atoms with E-state index in [1.165, 1.54) is 12.1 Å². The molecule has 0 radical (unpaired) electrons. The van der Waals surface area contributed by atoms with Crippen LogP contribution >= 0.6 is 0 Å². The van der Waals surface area contributed by atoms with Crippen LogP contribution in [0, 0.1) is 17.5 Å². The summed E-state index contributed by atoms with van der Waals surface area (Å²) in [4.78, 5) is 23.9. The molecule has 2 aromatic carbocycles. The predicted molar refractivity (Wildman–Crippen MR) is 84.7 cm³/mol. The molecule has 1 heterocycles. The fraction of sp³-hybridized carbons (Fsp3) is 0.176. The van der Waals surface area contributed by atoms with Crippen molar-refractivity contribution in [1.29, 1.82) is 0 Å². The average Bonchev–Trinajstić information content (AvgIpc) is 2.66. The van der Waals surface area contributed by atoms with Gasteiger partial charge in [0, 0.05) is 5.56 Å². The standard InChI is InChI=1S/C17H13F3N2O4/c18-10-2-3-11(16(20)15(10)19)22-14(23)8-21-17(24)9-1-4-12-13(7-9)26-6-5-25-12/h1-4,7H,5-6,8H2,(H,21,24)(H,22,23). The first-order valence-electron chi connectivity index (χ1n) is 7.57. The van der Waals surface area contributed by atoms with Gasteiger partial charge in [0.05, 0.1) is 12.2 Å². The number of halogens is 3. The third kappa shape index (κ3) is 3.71. The molecule has 26 heavy (non-hydrogen) atoms. The van der Waals surface area contributed by atoms with E-state index in [2.05, 4.69) is 10.6 Å². The highest BCUT2D eigenvalue weighted by Crippen LogP contribution is 2.30. The summed E-state index contributed by atoms with van der Waals surface area (Å²) in [7, 11) is 0. The Morgan fingerprint density at radius 3 is 2.46 bits per heavy atom. The molecule has 0 saturated carbocycles. The van der Waals surface area contributed by atoms with E-state index in [0.29, 0.717) is 30.8 Å². The van der Waals surface area contributed by atoms with Crippen LogP contribution in [0.5, 0.6) is 11.5 Å². The maximum Gasteiger partial charge on any atom is 0.251 e. The average molecular weight is 366 g/mol. The lowest BCUT2D eigenvalue weighted by molar-refractivity contribution is -0.115. The first-order chi connectivity index (χ1) is 12.5. The van der Waals surface area contributed by atoms with Crippen LogP contribution in [0.1, 0.15) is 10.4 Å². The van der Waals surface area contributed by atoms with Gasteiger partial charge in [-0.25, -0.2) is 13.2 Å². The number of carbonyl (C=O) groups is 2. The van der Waals surface area contributed by atoms with E-state index >= 15 is 0 Å². The van der Waals surface area contributed by atoms with Crippen LogP contribution in [0.2, 0.25) is 0 Å². The summed E-state index contributed by atoms with van der Waals surface area (Å²) in [5.74, 6) is -5.02. The molecule has 6 nitrogen and oxygen atoms in total. The lowest BCUT2D eigenvalue weighted by Gasteiger charge is -2.18. The van der Waals surface area contributed by atoms with Crippen LogP contribution in [0.4, 0.5) is 18.9 Å². The minimum Gasteiger partial charge on any atom is -0.486 e. The van der Waals surface area contributed by atoms with E-state index in [1.807, 2.05) is 0 Å². The van der Waals surface area contributed by atoms with Crippen molar-refractivity contribution in [2.75, 3.05) is 25.1 Å². The molecule has 0 aromatic heterocycles.